The molecule has 0 saturated carbocycles. The number of nitrogens with one attached hydrogen (secondary N) is 1. The Hall–Kier alpha value is -2.16. The molecule has 3 nitrogen and oxygen atoms in total. The zero-order chi connectivity index (χ0) is 15.5. The summed E-state index contributed by atoms with van der Waals surface area (Å²) in [5.41, 5.74) is 4.90. The van der Waals surface area contributed by atoms with Crippen molar-refractivity contribution in [2.75, 3.05) is 18.5 Å². The minimum absolute atomic E-state index is 0.206. The topological polar surface area (TPSA) is 30.5 Å². The molecule has 0 fully saturated rings. The lowest BCUT2D eigenvalue weighted by Gasteiger charge is -2.19. The molecule has 0 spiro atoms. The predicted molar refractivity (Wildman–Crippen MR) is 90.0 cm³/mol. The number of aryl methyl sites for hydroxylation is 2. The molecule has 1 unspecified atom stereocenters. The van der Waals surface area contributed by atoms with Crippen LogP contribution in [0.1, 0.15) is 36.1 Å². The fourth-order valence-electron chi connectivity index (χ4n) is 2.66. The second kappa shape index (κ2) is 6.30. The number of hydrogen-bond acceptors (Lipinski definition) is 3. The first-order valence-corrected chi connectivity index (χ1v) is 7.87. The van der Waals surface area contributed by atoms with Gasteiger partial charge >= 0.3 is 0 Å². The number of hydrogen-bond donors (Lipinski definition) is 1. The Balaban J connectivity index is 1.81. The van der Waals surface area contributed by atoms with Crippen LogP contribution in [0.4, 0.5) is 5.69 Å². The minimum Gasteiger partial charge on any atom is -0.490 e. The van der Waals surface area contributed by atoms with E-state index in [1.165, 1.54) is 22.4 Å². The lowest BCUT2D eigenvalue weighted by Crippen LogP contribution is -2.08. The summed E-state index contributed by atoms with van der Waals surface area (Å²) in [5, 5.41) is 3.59. The maximum atomic E-state index is 5.78. The number of fused-ring (bicyclic) bond motifs is 1. The summed E-state index contributed by atoms with van der Waals surface area (Å²) in [4.78, 5) is 0. The highest BCUT2D eigenvalue weighted by atomic mass is 16.5. The first-order chi connectivity index (χ1) is 10.6. The Bertz CT molecular complexity index is 666. The van der Waals surface area contributed by atoms with E-state index < -0.39 is 0 Å². The largest absolute Gasteiger partial charge is 0.490 e. The minimum atomic E-state index is 0.206. The van der Waals surface area contributed by atoms with Gasteiger partial charge in [0.1, 0.15) is 0 Å². The third-order valence-corrected chi connectivity index (χ3v) is 4.04. The molecule has 0 aromatic heterocycles. The van der Waals surface area contributed by atoms with E-state index in [0.29, 0.717) is 0 Å². The molecular formula is C19H23NO2. The van der Waals surface area contributed by atoms with Gasteiger partial charge in [0.2, 0.25) is 0 Å². The second-order valence-corrected chi connectivity index (χ2v) is 5.94. The van der Waals surface area contributed by atoms with Crippen molar-refractivity contribution in [3.8, 4) is 11.5 Å². The monoisotopic (exact) mass is 297 g/mol. The average Bonchev–Trinajstić information content (AvgIpc) is 2.75. The molecule has 0 aliphatic carbocycles. The van der Waals surface area contributed by atoms with Crippen LogP contribution < -0.4 is 14.8 Å². The van der Waals surface area contributed by atoms with Crippen LogP contribution in [-0.2, 0) is 0 Å². The van der Waals surface area contributed by atoms with Crippen LogP contribution in [0.25, 0.3) is 0 Å². The molecule has 2 aromatic rings. The van der Waals surface area contributed by atoms with Crippen LogP contribution in [-0.4, -0.2) is 13.2 Å². The van der Waals surface area contributed by atoms with Crippen molar-refractivity contribution in [3.63, 3.8) is 0 Å². The maximum absolute atomic E-state index is 5.78. The summed E-state index contributed by atoms with van der Waals surface area (Å²) in [6.07, 6.45) is 0.931. The van der Waals surface area contributed by atoms with Crippen LogP contribution in [0.15, 0.2) is 36.4 Å². The highest BCUT2D eigenvalue weighted by molar-refractivity contribution is 5.54. The lowest BCUT2D eigenvalue weighted by atomic mass is 10.1. The van der Waals surface area contributed by atoms with Crippen molar-refractivity contribution in [2.24, 2.45) is 0 Å². The van der Waals surface area contributed by atoms with E-state index in [1.807, 2.05) is 6.07 Å². The summed E-state index contributed by atoms with van der Waals surface area (Å²) in [6.45, 7) is 7.85. The summed E-state index contributed by atoms with van der Waals surface area (Å²) in [7, 11) is 0. The van der Waals surface area contributed by atoms with Crippen molar-refractivity contribution in [1.82, 2.24) is 0 Å². The highest BCUT2D eigenvalue weighted by Gasteiger charge is 2.14. The van der Waals surface area contributed by atoms with E-state index in [1.54, 1.807) is 0 Å². The van der Waals surface area contributed by atoms with E-state index in [2.05, 4.69) is 56.4 Å². The summed E-state index contributed by atoms with van der Waals surface area (Å²) < 4.78 is 11.5. The molecule has 22 heavy (non-hydrogen) atoms. The van der Waals surface area contributed by atoms with Gasteiger partial charge in [-0.1, -0.05) is 18.2 Å². The summed E-state index contributed by atoms with van der Waals surface area (Å²) >= 11 is 0. The lowest BCUT2D eigenvalue weighted by molar-refractivity contribution is 0.297. The predicted octanol–water partition coefficient (Wildman–Crippen LogP) is 4.64. The van der Waals surface area contributed by atoms with Gasteiger partial charge in [-0.15, -0.1) is 0 Å². The summed E-state index contributed by atoms with van der Waals surface area (Å²) in [5.74, 6) is 1.70. The molecule has 0 amide bonds. The summed E-state index contributed by atoms with van der Waals surface area (Å²) in [6, 6.07) is 12.9. The van der Waals surface area contributed by atoms with Crippen LogP contribution in [0.2, 0.25) is 0 Å². The zero-order valence-corrected chi connectivity index (χ0v) is 13.5. The Morgan fingerprint density at radius 3 is 2.55 bits per heavy atom. The molecule has 1 aliphatic heterocycles. The van der Waals surface area contributed by atoms with Gasteiger partial charge in [-0.3, -0.25) is 0 Å². The van der Waals surface area contributed by atoms with Crippen LogP contribution in [0.3, 0.4) is 0 Å². The Morgan fingerprint density at radius 2 is 1.73 bits per heavy atom. The quantitative estimate of drug-likeness (QED) is 0.895. The van der Waals surface area contributed by atoms with Gasteiger partial charge in [0.25, 0.3) is 0 Å². The molecule has 1 aliphatic rings. The molecule has 1 N–H and O–H groups in total. The van der Waals surface area contributed by atoms with E-state index in [4.69, 9.17) is 9.47 Å². The molecule has 3 rings (SSSR count). The van der Waals surface area contributed by atoms with Crippen molar-refractivity contribution < 1.29 is 9.47 Å². The van der Waals surface area contributed by atoms with Gasteiger partial charge in [0.05, 0.1) is 13.2 Å². The van der Waals surface area contributed by atoms with Crippen LogP contribution >= 0.6 is 0 Å². The van der Waals surface area contributed by atoms with Crippen molar-refractivity contribution in [1.29, 1.82) is 0 Å². The van der Waals surface area contributed by atoms with E-state index in [9.17, 15) is 0 Å². The number of benzene rings is 2. The van der Waals surface area contributed by atoms with Gasteiger partial charge in [0.15, 0.2) is 11.5 Å². The van der Waals surface area contributed by atoms with Crippen molar-refractivity contribution in [3.05, 3.63) is 53.1 Å². The Kier molecular flexibility index (Phi) is 4.23. The van der Waals surface area contributed by atoms with E-state index in [-0.39, 0.29) is 6.04 Å². The second-order valence-electron chi connectivity index (χ2n) is 5.94. The Morgan fingerprint density at radius 1 is 0.955 bits per heavy atom. The molecule has 1 atom stereocenters. The smallest absolute Gasteiger partial charge is 0.161 e. The van der Waals surface area contributed by atoms with Crippen LogP contribution in [0, 0.1) is 13.8 Å². The fourth-order valence-corrected chi connectivity index (χ4v) is 2.66. The molecule has 2 aromatic carbocycles. The molecule has 116 valence electrons. The molecule has 3 heteroatoms. The average molecular weight is 297 g/mol. The number of rotatable bonds is 3. The molecule has 1 heterocycles. The standard InChI is InChI=1S/C19H23NO2/c1-13-5-6-14(2)17(11-13)20-15(3)16-7-8-18-19(12-16)22-10-4-9-21-18/h5-8,11-12,15,20H,4,9-10H2,1-3H3. The van der Waals surface area contributed by atoms with Gasteiger partial charge in [-0.2, -0.15) is 0 Å². The van der Waals surface area contributed by atoms with Gasteiger partial charge in [-0.25, -0.2) is 0 Å². The molecule has 0 radical (unpaired) electrons. The third-order valence-electron chi connectivity index (χ3n) is 4.04. The fraction of sp³-hybridized carbons (Fsp3) is 0.368. The first-order valence-electron chi connectivity index (χ1n) is 7.87. The number of anilines is 1. The first kappa shape index (κ1) is 14.8. The van der Waals surface area contributed by atoms with Crippen molar-refractivity contribution in [2.45, 2.75) is 33.2 Å². The SMILES string of the molecule is Cc1ccc(C)c(NC(C)c2ccc3c(c2)OCCCO3)c1. The van der Waals surface area contributed by atoms with Gasteiger partial charge in [0, 0.05) is 18.2 Å². The highest BCUT2D eigenvalue weighted by Crippen LogP contribution is 2.33. The van der Waals surface area contributed by atoms with E-state index >= 15 is 0 Å². The van der Waals surface area contributed by atoms with Gasteiger partial charge in [-0.05, 0) is 55.7 Å². The normalized spacial score (nSPS) is 15.0. The zero-order valence-electron chi connectivity index (χ0n) is 13.5. The van der Waals surface area contributed by atoms with Crippen molar-refractivity contribution >= 4 is 5.69 Å². The molecular weight excluding hydrogens is 274 g/mol. The van der Waals surface area contributed by atoms with Gasteiger partial charge < -0.3 is 14.8 Å². The Labute approximate surface area is 132 Å². The molecule has 0 bridgehead atoms. The number of ether oxygens (including phenoxy) is 2. The van der Waals surface area contributed by atoms with Crippen LogP contribution in [0.5, 0.6) is 11.5 Å². The van der Waals surface area contributed by atoms with E-state index in [0.717, 1.165) is 31.1 Å². The maximum Gasteiger partial charge on any atom is 0.161 e. The molecule has 0 saturated heterocycles. The third kappa shape index (κ3) is 3.19.